The van der Waals surface area contributed by atoms with Crippen molar-refractivity contribution in [2.75, 3.05) is 0 Å². The third-order valence-electron chi connectivity index (χ3n) is 4.19. The molecule has 1 aromatic rings. The van der Waals surface area contributed by atoms with E-state index in [2.05, 4.69) is 5.32 Å². The van der Waals surface area contributed by atoms with Crippen LogP contribution in [0.15, 0.2) is 18.2 Å². The predicted molar refractivity (Wildman–Crippen MR) is 80.2 cm³/mol. The fourth-order valence-electron chi connectivity index (χ4n) is 2.91. The van der Waals surface area contributed by atoms with Crippen molar-refractivity contribution in [3.63, 3.8) is 0 Å². The maximum Gasteiger partial charge on any atom is 0.344 e. The molecule has 0 saturated carbocycles. The first-order valence-corrected chi connectivity index (χ1v) is 7.54. The first kappa shape index (κ1) is 16.0. The van der Waals surface area contributed by atoms with Gasteiger partial charge in [-0.1, -0.05) is 6.07 Å². The number of carboxylic acid groups (broad SMARTS) is 1. The number of carbonyl (C=O) groups is 4. The minimum atomic E-state index is -1.11. The lowest BCUT2D eigenvalue weighted by atomic mass is 10.0. The van der Waals surface area contributed by atoms with Gasteiger partial charge in [0.05, 0.1) is 6.54 Å². The molecular weight excluding hydrogens is 316 g/mol. The molecule has 126 valence electrons. The molecule has 1 fully saturated rings. The predicted octanol–water partition coefficient (Wildman–Crippen LogP) is 0.299. The van der Waals surface area contributed by atoms with Crippen molar-refractivity contribution in [2.24, 2.45) is 0 Å². The third kappa shape index (κ3) is 2.70. The standard InChI is InChI=1S/C16H16N2O6/c1-8(16(22)23)24-12-4-2-3-9-10(12)7-18(15(9)21)11-5-6-13(19)17-14(11)20/h2-4,8,11H,5-7H2,1H3,(H,22,23)(H,17,19,20)/t8-,11?/m0/s1. The number of nitrogens with one attached hydrogen (secondary N) is 1. The number of hydrogen-bond acceptors (Lipinski definition) is 5. The number of carboxylic acids is 1. The van der Waals surface area contributed by atoms with Crippen LogP contribution >= 0.6 is 0 Å². The summed E-state index contributed by atoms with van der Waals surface area (Å²) in [6.45, 7) is 1.54. The van der Waals surface area contributed by atoms with E-state index in [1.165, 1.54) is 11.8 Å². The van der Waals surface area contributed by atoms with Crippen LogP contribution in [0.25, 0.3) is 0 Å². The Labute approximate surface area is 137 Å². The summed E-state index contributed by atoms with van der Waals surface area (Å²) in [7, 11) is 0. The molecule has 8 heteroatoms. The van der Waals surface area contributed by atoms with Gasteiger partial charge in [0.2, 0.25) is 11.8 Å². The lowest BCUT2D eigenvalue weighted by Crippen LogP contribution is -2.52. The van der Waals surface area contributed by atoms with E-state index >= 15 is 0 Å². The number of imide groups is 1. The molecule has 2 atom stereocenters. The Kier molecular flexibility index (Phi) is 3.96. The zero-order valence-corrected chi connectivity index (χ0v) is 12.9. The Hall–Kier alpha value is -2.90. The zero-order valence-electron chi connectivity index (χ0n) is 12.9. The van der Waals surface area contributed by atoms with Gasteiger partial charge in [-0.3, -0.25) is 19.7 Å². The average molecular weight is 332 g/mol. The topological polar surface area (TPSA) is 113 Å². The van der Waals surface area contributed by atoms with Gasteiger partial charge in [-0.05, 0) is 25.5 Å². The monoisotopic (exact) mass is 332 g/mol. The fourth-order valence-corrected chi connectivity index (χ4v) is 2.91. The van der Waals surface area contributed by atoms with Gasteiger partial charge in [-0.2, -0.15) is 0 Å². The van der Waals surface area contributed by atoms with Crippen LogP contribution < -0.4 is 10.1 Å². The highest BCUT2D eigenvalue weighted by Crippen LogP contribution is 2.33. The Morgan fingerprint density at radius 2 is 2.12 bits per heavy atom. The number of fused-ring (bicyclic) bond motifs is 1. The molecule has 0 aromatic heterocycles. The summed E-state index contributed by atoms with van der Waals surface area (Å²) in [6, 6.07) is 4.10. The van der Waals surface area contributed by atoms with Crippen LogP contribution in [0.3, 0.4) is 0 Å². The van der Waals surface area contributed by atoms with E-state index in [1.54, 1.807) is 18.2 Å². The van der Waals surface area contributed by atoms with Crippen LogP contribution in [-0.4, -0.2) is 45.8 Å². The number of benzene rings is 1. The highest BCUT2D eigenvalue weighted by atomic mass is 16.5. The van der Waals surface area contributed by atoms with E-state index < -0.39 is 24.0 Å². The zero-order chi connectivity index (χ0) is 17.4. The third-order valence-corrected chi connectivity index (χ3v) is 4.19. The summed E-state index contributed by atoms with van der Waals surface area (Å²) in [4.78, 5) is 48.2. The van der Waals surface area contributed by atoms with Crippen LogP contribution in [0, 0.1) is 0 Å². The fraction of sp³-hybridized carbons (Fsp3) is 0.375. The van der Waals surface area contributed by atoms with Crippen molar-refractivity contribution in [1.29, 1.82) is 0 Å². The smallest absolute Gasteiger partial charge is 0.344 e. The lowest BCUT2D eigenvalue weighted by Gasteiger charge is -2.29. The Morgan fingerprint density at radius 3 is 2.79 bits per heavy atom. The van der Waals surface area contributed by atoms with Crippen LogP contribution in [0.5, 0.6) is 5.75 Å². The number of amides is 3. The summed E-state index contributed by atoms with van der Waals surface area (Å²) in [5, 5.41) is 11.2. The summed E-state index contributed by atoms with van der Waals surface area (Å²) >= 11 is 0. The average Bonchev–Trinajstić information content (AvgIpc) is 2.85. The molecule has 1 aromatic carbocycles. The molecule has 3 amide bonds. The first-order valence-electron chi connectivity index (χ1n) is 7.54. The molecule has 24 heavy (non-hydrogen) atoms. The summed E-state index contributed by atoms with van der Waals surface area (Å²) in [5.74, 6) is -1.97. The van der Waals surface area contributed by atoms with E-state index in [0.717, 1.165) is 0 Å². The number of nitrogens with zero attached hydrogens (tertiary/aromatic N) is 1. The largest absolute Gasteiger partial charge is 0.479 e. The molecular formula is C16H16N2O6. The molecule has 2 aliphatic heterocycles. The van der Waals surface area contributed by atoms with Crippen molar-refractivity contribution in [3.05, 3.63) is 29.3 Å². The molecule has 1 saturated heterocycles. The molecule has 0 aliphatic carbocycles. The SMILES string of the molecule is C[C@H](Oc1cccc2c1CN(C1CCC(=O)NC1=O)C2=O)C(=O)O. The second-order valence-electron chi connectivity index (χ2n) is 5.78. The Bertz CT molecular complexity index is 744. The normalized spacial score (nSPS) is 21.3. The molecule has 8 nitrogen and oxygen atoms in total. The second-order valence-corrected chi connectivity index (χ2v) is 5.78. The minimum Gasteiger partial charge on any atom is -0.479 e. The number of piperidine rings is 1. The van der Waals surface area contributed by atoms with Gasteiger partial charge >= 0.3 is 5.97 Å². The second kappa shape index (κ2) is 5.95. The highest BCUT2D eigenvalue weighted by Gasteiger charge is 2.40. The molecule has 2 heterocycles. The van der Waals surface area contributed by atoms with E-state index in [-0.39, 0.29) is 31.2 Å². The number of aliphatic carboxylic acids is 1. The first-order chi connectivity index (χ1) is 11.4. The molecule has 0 bridgehead atoms. The Balaban J connectivity index is 1.86. The number of hydrogen-bond donors (Lipinski definition) is 2. The van der Waals surface area contributed by atoms with Gasteiger partial charge in [-0.15, -0.1) is 0 Å². The lowest BCUT2D eigenvalue weighted by molar-refractivity contribution is -0.144. The number of ether oxygens (including phenoxy) is 1. The van der Waals surface area contributed by atoms with Crippen molar-refractivity contribution < 1.29 is 29.0 Å². The highest BCUT2D eigenvalue weighted by molar-refractivity contribution is 6.05. The van der Waals surface area contributed by atoms with Gasteiger partial charge in [0.25, 0.3) is 5.91 Å². The van der Waals surface area contributed by atoms with Crippen LogP contribution in [0.4, 0.5) is 0 Å². The number of rotatable bonds is 4. The van der Waals surface area contributed by atoms with Crippen molar-refractivity contribution in [1.82, 2.24) is 10.2 Å². The van der Waals surface area contributed by atoms with E-state index in [4.69, 9.17) is 9.84 Å². The van der Waals surface area contributed by atoms with Gasteiger partial charge in [0, 0.05) is 17.5 Å². The van der Waals surface area contributed by atoms with E-state index in [9.17, 15) is 19.2 Å². The Morgan fingerprint density at radius 1 is 1.38 bits per heavy atom. The van der Waals surface area contributed by atoms with Crippen molar-refractivity contribution in [3.8, 4) is 5.75 Å². The van der Waals surface area contributed by atoms with Crippen LogP contribution in [-0.2, 0) is 20.9 Å². The van der Waals surface area contributed by atoms with Gasteiger partial charge in [0.1, 0.15) is 11.8 Å². The molecule has 0 spiro atoms. The van der Waals surface area contributed by atoms with Gasteiger partial charge in [0.15, 0.2) is 6.10 Å². The molecule has 0 radical (unpaired) electrons. The summed E-state index contributed by atoms with van der Waals surface area (Å²) in [5.41, 5.74) is 0.940. The van der Waals surface area contributed by atoms with E-state index in [1.807, 2.05) is 0 Å². The van der Waals surface area contributed by atoms with E-state index in [0.29, 0.717) is 16.9 Å². The summed E-state index contributed by atoms with van der Waals surface area (Å²) in [6.07, 6.45) is -0.613. The maximum atomic E-state index is 12.6. The van der Waals surface area contributed by atoms with Crippen LogP contribution in [0.2, 0.25) is 0 Å². The summed E-state index contributed by atoms with van der Waals surface area (Å²) < 4.78 is 5.41. The quantitative estimate of drug-likeness (QED) is 0.767. The maximum absolute atomic E-state index is 12.6. The minimum absolute atomic E-state index is 0.142. The molecule has 1 unspecified atom stereocenters. The van der Waals surface area contributed by atoms with Crippen LogP contribution in [0.1, 0.15) is 35.7 Å². The molecule has 3 rings (SSSR count). The molecule has 2 N–H and O–H groups in total. The van der Waals surface area contributed by atoms with Gasteiger partial charge < -0.3 is 14.7 Å². The van der Waals surface area contributed by atoms with Crippen molar-refractivity contribution in [2.45, 2.75) is 38.5 Å². The number of carbonyl (C=O) groups excluding carboxylic acids is 3. The van der Waals surface area contributed by atoms with Gasteiger partial charge in [-0.25, -0.2) is 4.79 Å². The molecule has 2 aliphatic rings. The van der Waals surface area contributed by atoms with Crippen molar-refractivity contribution >= 4 is 23.7 Å².